The van der Waals surface area contributed by atoms with Gasteiger partial charge >= 0.3 is 0 Å². The zero-order chi connectivity index (χ0) is 15.2. The van der Waals surface area contributed by atoms with Crippen LogP contribution in [0.4, 0.5) is 0 Å². The highest BCUT2D eigenvalue weighted by molar-refractivity contribution is 5.80. The van der Waals surface area contributed by atoms with Gasteiger partial charge in [-0.3, -0.25) is 4.79 Å². The minimum atomic E-state index is -0.256. The fourth-order valence-electron chi connectivity index (χ4n) is 2.57. The predicted octanol–water partition coefficient (Wildman–Crippen LogP) is 2.66. The SMILES string of the molecule is COc1ccc(C(C)C)cc1CCNC(=O)C1CCCO1. The largest absolute Gasteiger partial charge is 0.496 e. The lowest BCUT2D eigenvalue weighted by molar-refractivity contribution is -0.129. The number of rotatable bonds is 6. The fourth-order valence-corrected chi connectivity index (χ4v) is 2.57. The van der Waals surface area contributed by atoms with E-state index in [1.807, 2.05) is 6.07 Å². The fraction of sp³-hybridized carbons (Fsp3) is 0.588. The molecule has 21 heavy (non-hydrogen) atoms. The molecule has 4 heteroatoms. The van der Waals surface area contributed by atoms with Crippen molar-refractivity contribution in [1.29, 1.82) is 0 Å². The molecule has 1 aromatic carbocycles. The number of benzene rings is 1. The molecule has 0 bridgehead atoms. The molecular formula is C17H25NO3. The molecule has 1 aromatic rings. The number of hydrogen-bond donors (Lipinski definition) is 1. The Kier molecular flexibility index (Phi) is 5.62. The Morgan fingerprint density at radius 2 is 2.29 bits per heavy atom. The number of nitrogens with one attached hydrogen (secondary N) is 1. The van der Waals surface area contributed by atoms with Gasteiger partial charge in [-0.1, -0.05) is 26.0 Å². The van der Waals surface area contributed by atoms with Crippen LogP contribution in [0.1, 0.15) is 43.7 Å². The van der Waals surface area contributed by atoms with Crippen molar-refractivity contribution in [3.05, 3.63) is 29.3 Å². The van der Waals surface area contributed by atoms with Crippen molar-refractivity contribution in [3.8, 4) is 5.75 Å². The summed E-state index contributed by atoms with van der Waals surface area (Å²) in [4.78, 5) is 11.9. The molecule has 1 aliphatic rings. The third-order valence-corrected chi connectivity index (χ3v) is 3.89. The summed E-state index contributed by atoms with van der Waals surface area (Å²) in [6.45, 7) is 5.65. The van der Waals surface area contributed by atoms with E-state index in [1.54, 1.807) is 7.11 Å². The van der Waals surface area contributed by atoms with E-state index >= 15 is 0 Å². The summed E-state index contributed by atoms with van der Waals surface area (Å²) in [6, 6.07) is 6.27. The zero-order valence-corrected chi connectivity index (χ0v) is 13.1. The first kappa shape index (κ1) is 15.8. The van der Waals surface area contributed by atoms with Crippen LogP contribution in [0.3, 0.4) is 0 Å². The van der Waals surface area contributed by atoms with Crippen molar-refractivity contribution >= 4 is 5.91 Å². The van der Waals surface area contributed by atoms with Crippen LogP contribution in [0, 0.1) is 0 Å². The Morgan fingerprint density at radius 3 is 2.90 bits per heavy atom. The second kappa shape index (κ2) is 7.46. The lowest BCUT2D eigenvalue weighted by Crippen LogP contribution is -2.35. The normalized spacial score (nSPS) is 18.0. The number of ether oxygens (including phenoxy) is 2. The van der Waals surface area contributed by atoms with Crippen LogP contribution in [0.15, 0.2) is 18.2 Å². The Labute approximate surface area is 126 Å². The van der Waals surface area contributed by atoms with Crippen LogP contribution in [-0.2, 0) is 16.0 Å². The summed E-state index contributed by atoms with van der Waals surface area (Å²) in [5, 5.41) is 2.95. The van der Waals surface area contributed by atoms with Gasteiger partial charge in [0.1, 0.15) is 11.9 Å². The minimum Gasteiger partial charge on any atom is -0.496 e. The molecule has 1 saturated heterocycles. The number of methoxy groups -OCH3 is 1. The highest BCUT2D eigenvalue weighted by atomic mass is 16.5. The molecule has 1 heterocycles. The van der Waals surface area contributed by atoms with Gasteiger partial charge in [0.15, 0.2) is 0 Å². The van der Waals surface area contributed by atoms with Gasteiger partial charge in [0.2, 0.25) is 5.91 Å². The van der Waals surface area contributed by atoms with E-state index < -0.39 is 0 Å². The van der Waals surface area contributed by atoms with Crippen molar-refractivity contribution < 1.29 is 14.3 Å². The van der Waals surface area contributed by atoms with Gasteiger partial charge in [-0.05, 0) is 42.4 Å². The Balaban J connectivity index is 1.92. The molecule has 1 N–H and O–H groups in total. The maximum absolute atomic E-state index is 11.9. The molecule has 0 spiro atoms. The Bertz CT molecular complexity index is 479. The summed E-state index contributed by atoms with van der Waals surface area (Å²) in [5.74, 6) is 1.37. The maximum Gasteiger partial charge on any atom is 0.249 e. The summed E-state index contributed by atoms with van der Waals surface area (Å²) in [6.07, 6.45) is 2.32. The van der Waals surface area contributed by atoms with Gasteiger partial charge in [0, 0.05) is 13.2 Å². The monoisotopic (exact) mass is 291 g/mol. The first-order valence-electron chi connectivity index (χ1n) is 7.68. The van der Waals surface area contributed by atoms with Crippen molar-refractivity contribution in [3.63, 3.8) is 0 Å². The van der Waals surface area contributed by atoms with E-state index in [0.717, 1.165) is 30.6 Å². The molecular weight excluding hydrogens is 266 g/mol. The summed E-state index contributed by atoms with van der Waals surface area (Å²) in [5.41, 5.74) is 2.42. The van der Waals surface area contributed by atoms with Crippen molar-refractivity contribution in [2.45, 2.75) is 45.1 Å². The number of carbonyl (C=O) groups is 1. The van der Waals surface area contributed by atoms with E-state index in [4.69, 9.17) is 9.47 Å². The van der Waals surface area contributed by atoms with Crippen molar-refractivity contribution in [2.75, 3.05) is 20.3 Å². The van der Waals surface area contributed by atoms with Gasteiger partial charge in [-0.15, -0.1) is 0 Å². The van der Waals surface area contributed by atoms with Crippen molar-refractivity contribution in [1.82, 2.24) is 5.32 Å². The third-order valence-electron chi connectivity index (χ3n) is 3.89. The average Bonchev–Trinajstić information content (AvgIpc) is 3.01. The molecule has 0 radical (unpaired) electrons. The molecule has 1 atom stereocenters. The standard InChI is InChI=1S/C17H25NO3/c1-12(2)13-6-7-15(20-3)14(11-13)8-9-18-17(19)16-5-4-10-21-16/h6-7,11-12,16H,4-5,8-10H2,1-3H3,(H,18,19). The second-order valence-corrected chi connectivity index (χ2v) is 5.77. The van der Waals surface area contributed by atoms with Crippen LogP contribution in [-0.4, -0.2) is 32.3 Å². The molecule has 0 aromatic heterocycles. The quantitative estimate of drug-likeness (QED) is 0.876. The maximum atomic E-state index is 11.9. The van der Waals surface area contributed by atoms with Gasteiger partial charge < -0.3 is 14.8 Å². The molecule has 1 amide bonds. The molecule has 0 aliphatic carbocycles. The molecule has 0 saturated carbocycles. The molecule has 1 aliphatic heterocycles. The number of carbonyl (C=O) groups excluding carboxylic acids is 1. The van der Waals surface area contributed by atoms with Crippen molar-refractivity contribution in [2.24, 2.45) is 0 Å². The Hall–Kier alpha value is -1.55. The average molecular weight is 291 g/mol. The molecule has 4 nitrogen and oxygen atoms in total. The van der Waals surface area contributed by atoms with E-state index in [0.29, 0.717) is 19.1 Å². The van der Waals surface area contributed by atoms with Crippen LogP contribution >= 0.6 is 0 Å². The lowest BCUT2D eigenvalue weighted by Gasteiger charge is -2.14. The first-order chi connectivity index (χ1) is 10.1. The first-order valence-corrected chi connectivity index (χ1v) is 7.68. The smallest absolute Gasteiger partial charge is 0.249 e. The number of amides is 1. The van der Waals surface area contributed by atoms with E-state index in [-0.39, 0.29) is 12.0 Å². The van der Waals surface area contributed by atoms with Crippen LogP contribution in [0.5, 0.6) is 5.75 Å². The Morgan fingerprint density at radius 1 is 1.48 bits per heavy atom. The van der Waals surface area contributed by atoms with E-state index in [2.05, 4.69) is 31.3 Å². The number of hydrogen-bond acceptors (Lipinski definition) is 3. The van der Waals surface area contributed by atoms with E-state index in [9.17, 15) is 4.79 Å². The van der Waals surface area contributed by atoms with Gasteiger partial charge in [-0.25, -0.2) is 0 Å². The summed E-state index contributed by atoms with van der Waals surface area (Å²) in [7, 11) is 1.68. The van der Waals surface area contributed by atoms with Crippen LogP contribution in [0.25, 0.3) is 0 Å². The lowest BCUT2D eigenvalue weighted by atomic mass is 9.99. The predicted molar refractivity (Wildman–Crippen MR) is 82.8 cm³/mol. The van der Waals surface area contributed by atoms with Gasteiger partial charge in [0.25, 0.3) is 0 Å². The molecule has 1 fully saturated rings. The molecule has 1 unspecified atom stereocenters. The second-order valence-electron chi connectivity index (χ2n) is 5.77. The van der Waals surface area contributed by atoms with Crippen LogP contribution < -0.4 is 10.1 Å². The highest BCUT2D eigenvalue weighted by Crippen LogP contribution is 2.24. The topological polar surface area (TPSA) is 47.6 Å². The van der Waals surface area contributed by atoms with Crippen LogP contribution in [0.2, 0.25) is 0 Å². The minimum absolute atomic E-state index is 0.00600. The third kappa shape index (κ3) is 4.21. The van der Waals surface area contributed by atoms with E-state index in [1.165, 1.54) is 5.56 Å². The summed E-state index contributed by atoms with van der Waals surface area (Å²) < 4.78 is 10.8. The van der Waals surface area contributed by atoms with Gasteiger partial charge in [0.05, 0.1) is 7.11 Å². The highest BCUT2D eigenvalue weighted by Gasteiger charge is 2.22. The molecule has 2 rings (SSSR count). The zero-order valence-electron chi connectivity index (χ0n) is 13.1. The van der Waals surface area contributed by atoms with Gasteiger partial charge in [-0.2, -0.15) is 0 Å². The summed E-state index contributed by atoms with van der Waals surface area (Å²) >= 11 is 0. The molecule has 116 valence electrons.